The standard InChI is InChI=1S/C15H14N4O3/c20-9-11-2-1-4-16-13(11)8-19-5-3-10-6-12(15(21)18-22)17-7-14(10)19/h1-7,20,22H,8-9H2,(H,18,21). The third-order valence-corrected chi connectivity index (χ3v) is 3.47. The molecule has 0 unspecified atom stereocenters. The van der Waals surface area contributed by atoms with Crippen molar-refractivity contribution in [1.82, 2.24) is 20.0 Å². The molecule has 0 aromatic carbocycles. The van der Waals surface area contributed by atoms with Crippen molar-refractivity contribution in [3.05, 3.63) is 59.8 Å². The van der Waals surface area contributed by atoms with Gasteiger partial charge in [0.05, 0.1) is 30.6 Å². The first-order valence-corrected chi connectivity index (χ1v) is 6.66. The van der Waals surface area contributed by atoms with Gasteiger partial charge in [-0.25, -0.2) is 10.5 Å². The lowest BCUT2D eigenvalue weighted by molar-refractivity contribution is 0.0701. The van der Waals surface area contributed by atoms with Gasteiger partial charge in [0.2, 0.25) is 0 Å². The molecule has 3 aromatic heterocycles. The number of carbonyl (C=O) groups is 1. The van der Waals surface area contributed by atoms with Crippen molar-refractivity contribution >= 4 is 16.8 Å². The number of hydroxylamine groups is 1. The molecule has 0 bridgehead atoms. The van der Waals surface area contributed by atoms with Crippen molar-refractivity contribution in [3.63, 3.8) is 0 Å². The van der Waals surface area contributed by atoms with Gasteiger partial charge in [-0.3, -0.25) is 15.0 Å². The summed E-state index contributed by atoms with van der Waals surface area (Å²) in [4.78, 5) is 19.7. The molecule has 3 rings (SSSR count). The lowest BCUT2D eigenvalue weighted by Gasteiger charge is -2.08. The minimum atomic E-state index is -0.651. The molecular formula is C15H14N4O3. The first-order chi connectivity index (χ1) is 10.7. The summed E-state index contributed by atoms with van der Waals surface area (Å²) in [7, 11) is 0. The van der Waals surface area contributed by atoms with E-state index in [0.29, 0.717) is 6.54 Å². The van der Waals surface area contributed by atoms with Crippen LogP contribution in [-0.4, -0.2) is 30.8 Å². The predicted molar refractivity (Wildman–Crippen MR) is 78.2 cm³/mol. The van der Waals surface area contributed by atoms with E-state index in [2.05, 4.69) is 9.97 Å². The molecule has 3 aromatic rings. The summed E-state index contributed by atoms with van der Waals surface area (Å²) >= 11 is 0. The summed E-state index contributed by atoms with van der Waals surface area (Å²) in [5, 5.41) is 18.8. The molecule has 3 N–H and O–H groups in total. The lowest BCUT2D eigenvalue weighted by Crippen LogP contribution is -2.19. The highest BCUT2D eigenvalue weighted by molar-refractivity contribution is 5.95. The molecule has 7 heteroatoms. The van der Waals surface area contributed by atoms with Crippen LogP contribution in [0, 0.1) is 0 Å². The Labute approximate surface area is 125 Å². The van der Waals surface area contributed by atoms with Gasteiger partial charge in [-0.2, -0.15) is 0 Å². The largest absolute Gasteiger partial charge is 0.392 e. The third kappa shape index (κ3) is 2.54. The molecule has 7 nitrogen and oxygen atoms in total. The van der Waals surface area contributed by atoms with E-state index in [4.69, 9.17) is 5.21 Å². The van der Waals surface area contributed by atoms with Gasteiger partial charge in [0, 0.05) is 23.3 Å². The number of fused-ring (bicyclic) bond motifs is 1. The van der Waals surface area contributed by atoms with Gasteiger partial charge in [0.25, 0.3) is 5.91 Å². The van der Waals surface area contributed by atoms with Crippen LogP contribution in [0.5, 0.6) is 0 Å². The zero-order valence-corrected chi connectivity index (χ0v) is 11.6. The van der Waals surface area contributed by atoms with Gasteiger partial charge < -0.3 is 9.67 Å². The molecule has 0 saturated heterocycles. The Balaban J connectivity index is 1.97. The number of pyridine rings is 2. The summed E-state index contributed by atoms with van der Waals surface area (Å²) in [6.45, 7) is 0.425. The van der Waals surface area contributed by atoms with Crippen molar-refractivity contribution in [1.29, 1.82) is 0 Å². The highest BCUT2D eigenvalue weighted by Gasteiger charge is 2.10. The Morgan fingerprint density at radius 3 is 2.95 bits per heavy atom. The SMILES string of the molecule is O=C(NO)c1cc2ccn(Cc3ncccc3CO)c2cn1. The summed E-state index contributed by atoms with van der Waals surface area (Å²) in [6.07, 6.45) is 5.12. The van der Waals surface area contributed by atoms with Gasteiger partial charge in [-0.15, -0.1) is 0 Å². The van der Waals surface area contributed by atoms with Crippen LogP contribution in [-0.2, 0) is 13.2 Å². The number of aliphatic hydroxyl groups excluding tert-OH is 1. The zero-order valence-electron chi connectivity index (χ0n) is 11.6. The molecule has 0 saturated carbocycles. The number of aliphatic hydroxyl groups is 1. The highest BCUT2D eigenvalue weighted by atomic mass is 16.5. The lowest BCUT2D eigenvalue weighted by atomic mass is 10.2. The maximum atomic E-state index is 11.4. The molecular weight excluding hydrogens is 284 g/mol. The van der Waals surface area contributed by atoms with E-state index in [1.165, 1.54) is 0 Å². The number of carbonyl (C=O) groups excluding carboxylic acids is 1. The smallest absolute Gasteiger partial charge is 0.293 e. The van der Waals surface area contributed by atoms with E-state index in [0.717, 1.165) is 22.2 Å². The highest BCUT2D eigenvalue weighted by Crippen LogP contribution is 2.18. The third-order valence-electron chi connectivity index (χ3n) is 3.47. The fourth-order valence-corrected chi connectivity index (χ4v) is 2.33. The second-order valence-corrected chi connectivity index (χ2v) is 4.78. The number of hydrogen-bond acceptors (Lipinski definition) is 5. The monoisotopic (exact) mass is 298 g/mol. The van der Waals surface area contributed by atoms with Gasteiger partial charge in [-0.1, -0.05) is 6.07 Å². The van der Waals surface area contributed by atoms with Crippen molar-refractivity contribution in [2.75, 3.05) is 0 Å². The molecule has 22 heavy (non-hydrogen) atoms. The van der Waals surface area contributed by atoms with E-state index in [1.807, 2.05) is 22.9 Å². The van der Waals surface area contributed by atoms with E-state index in [9.17, 15) is 9.90 Å². The molecule has 1 amide bonds. The fourth-order valence-electron chi connectivity index (χ4n) is 2.33. The normalized spacial score (nSPS) is 10.8. The van der Waals surface area contributed by atoms with Crippen LogP contribution in [0.1, 0.15) is 21.7 Å². The number of aromatic nitrogens is 3. The van der Waals surface area contributed by atoms with Crippen LogP contribution < -0.4 is 5.48 Å². The number of nitrogens with zero attached hydrogens (tertiary/aromatic N) is 3. The topological polar surface area (TPSA) is 100 Å². The van der Waals surface area contributed by atoms with Gasteiger partial charge in [-0.05, 0) is 18.2 Å². The minimum absolute atomic E-state index is 0.0680. The Kier molecular flexibility index (Phi) is 3.82. The second kappa shape index (κ2) is 5.92. The van der Waals surface area contributed by atoms with Gasteiger partial charge in [0.15, 0.2) is 0 Å². The number of amides is 1. The minimum Gasteiger partial charge on any atom is -0.392 e. The maximum absolute atomic E-state index is 11.4. The van der Waals surface area contributed by atoms with Crippen molar-refractivity contribution in [2.45, 2.75) is 13.2 Å². The maximum Gasteiger partial charge on any atom is 0.293 e. The summed E-state index contributed by atoms with van der Waals surface area (Å²) in [6, 6.07) is 7.07. The van der Waals surface area contributed by atoms with Crippen LogP contribution in [0.15, 0.2) is 42.9 Å². The number of rotatable bonds is 4. The molecule has 0 aliphatic rings. The van der Waals surface area contributed by atoms with Crippen LogP contribution in [0.2, 0.25) is 0 Å². The first-order valence-electron chi connectivity index (χ1n) is 6.66. The average Bonchev–Trinajstić information content (AvgIpc) is 2.97. The van der Waals surface area contributed by atoms with Gasteiger partial charge >= 0.3 is 0 Å². The number of nitrogens with one attached hydrogen (secondary N) is 1. The fraction of sp³-hybridized carbons (Fsp3) is 0.133. The molecule has 0 aliphatic heterocycles. The van der Waals surface area contributed by atoms with E-state index < -0.39 is 5.91 Å². The van der Waals surface area contributed by atoms with E-state index >= 15 is 0 Å². The predicted octanol–water partition coefficient (Wildman–Crippen LogP) is 1.09. The van der Waals surface area contributed by atoms with E-state index in [1.54, 1.807) is 30.0 Å². The summed E-state index contributed by atoms with van der Waals surface area (Å²) in [5.74, 6) is -0.651. The first kappa shape index (κ1) is 14.2. The second-order valence-electron chi connectivity index (χ2n) is 4.78. The molecule has 0 atom stereocenters. The molecule has 112 valence electrons. The summed E-state index contributed by atoms with van der Waals surface area (Å²) < 4.78 is 1.93. The molecule has 0 spiro atoms. The van der Waals surface area contributed by atoms with Crippen molar-refractivity contribution < 1.29 is 15.1 Å². The Bertz CT molecular complexity index is 829. The van der Waals surface area contributed by atoms with Crippen molar-refractivity contribution in [2.24, 2.45) is 0 Å². The van der Waals surface area contributed by atoms with Crippen LogP contribution in [0.25, 0.3) is 10.9 Å². The van der Waals surface area contributed by atoms with Gasteiger partial charge in [0.1, 0.15) is 5.69 Å². The number of hydrogen-bond donors (Lipinski definition) is 3. The van der Waals surface area contributed by atoms with Crippen LogP contribution >= 0.6 is 0 Å². The Morgan fingerprint density at radius 2 is 2.18 bits per heavy atom. The quantitative estimate of drug-likeness (QED) is 0.494. The van der Waals surface area contributed by atoms with E-state index in [-0.39, 0.29) is 12.3 Å². The zero-order chi connectivity index (χ0) is 15.5. The Morgan fingerprint density at radius 1 is 1.32 bits per heavy atom. The van der Waals surface area contributed by atoms with Crippen molar-refractivity contribution in [3.8, 4) is 0 Å². The average molecular weight is 298 g/mol. The van der Waals surface area contributed by atoms with Crippen LogP contribution in [0.4, 0.5) is 0 Å². The molecule has 0 fully saturated rings. The Hall–Kier alpha value is -2.77. The summed E-state index contributed by atoms with van der Waals surface area (Å²) in [5.41, 5.74) is 4.09. The molecule has 3 heterocycles. The van der Waals surface area contributed by atoms with Crippen LogP contribution in [0.3, 0.4) is 0 Å². The molecule has 0 radical (unpaired) electrons. The molecule has 0 aliphatic carbocycles.